The van der Waals surface area contributed by atoms with Crippen molar-refractivity contribution < 1.29 is 28.2 Å². The van der Waals surface area contributed by atoms with Crippen LogP contribution in [0.3, 0.4) is 0 Å². The summed E-state index contributed by atoms with van der Waals surface area (Å²) in [6.07, 6.45) is 6.79. The number of amides is 4. The highest BCUT2D eigenvalue weighted by atomic mass is 19.1. The standard InChI is InChI=1S/C27H27FN4O5/c1-3-12-37-21-15-24(32(16-21)27(35)29-19-7-5-18(4-2)6-8-19)26(34)30-23-10-9-20(14-22(23)28)31-11-13-36-17-25(31)33/h2-3,5-10,14,21,24H,1,11-13,15-17H2,(H,29,35)(H,30,34). The van der Waals surface area contributed by atoms with Crippen LogP contribution >= 0.6 is 0 Å². The SMILES string of the molecule is C#Cc1ccc(NC(=O)N2CC(OCC=C)CC2C(=O)Nc2ccc(N3CCOCC3=O)cc2F)cc1. The molecule has 10 heteroatoms. The molecule has 0 radical (unpaired) electrons. The molecule has 2 fully saturated rings. The number of benzene rings is 2. The highest BCUT2D eigenvalue weighted by Gasteiger charge is 2.40. The maximum atomic E-state index is 14.9. The Labute approximate surface area is 214 Å². The molecule has 37 heavy (non-hydrogen) atoms. The van der Waals surface area contributed by atoms with Crippen LogP contribution < -0.4 is 15.5 Å². The first kappa shape index (κ1) is 25.9. The van der Waals surface area contributed by atoms with Gasteiger partial charge in [-0.3, -0.25) is 9.59 Å². The number of terminal acetylenes is 1. The summed E-state index contributed by atoms with van der Waals surface area (Å²) in [6, 6.07) is 9.45. The van der Waals surface area contributed by atoms with Crippen LogP contribution in [0.5, 0.6) is 0 Å². The molecule has 2 aliphatic rings. The van der Waals surface area contributed by atoms with Gasteiger partial charge >= 0.3 is 6.03 Å². The number of anilines is 3. The van der Waals surface area contributed by atoms with Gasteiger partial charge in [-0.2, -0.15) is 0 Å². The van der Waals surface area contributed by atoms with Crippen LogP contribution in [0.2, 0.25) is 0 Å². The van der Waals surface area contributed by atoms with Crippen molar-refractivity contribution in [3.63, 3.8) is 0 Å². The van der Waals surface area contributed by atoms with E-state index in [-0.39, 0.29) is 37.8 Å². The predicted octanol–water partition coefficient (Wildman–Crippen LogP) is 2.99. The van der Waals surface area contributed by atoms with Crippen LogP contribution in [0.4, 0.5) is 26.2 Å². The molecule has 9 nitrogen and oxygen atoms in total. The Kier molecular flexibility index (Phi) is 8.18. The summed E-state index contributed by atoms with van der Waals surface area (Å²) in [6.45, 7) is 4.66. The summed E-state index contributed by atoms with van der Waals surface area (Å²) >= 11 is 0. The van der Waals surface area contributed by atoms with E-state index in [0.29, 0.717) is 30.1 Å². The third-order valence-electron chi connectivity index (χ3n) is 6.09. The van der Waals surface area contributed by atoms with Gasteiger partial charge in [0.25, 0.3) is 5.91 Å². The van der Waals surface area contributed by atoms with Gasteiger partial charge in [0, 0.05) is 36.4 Å². The van der Waals surface area contributed by atoms with E-state index in [4.69, 9.17) is 15.9 Å². The lowest BCUT2D eigenvalue weighted by Crippen LogP contribution is -2.45. The molecule has 4 amide bonds. The molecule has 192 valence electrons. The Morgan fingerprint density at radius 3 is 2.70 bits per heavy atom. The number of halogens is 1. The second-order valence-corrected chi connectivity index (χ2v) is 8.55. The van der Waals surface area contributed by atoms with Gasteiger partial charge in [-0.25, -0.2) is 9.18 Å². The third kappa shape index (κ3) is 6.14. The lowest BCUT2D eigenvalue weighted by atomic mass is 10.1. The Morgan fingerprint density at radius 1 is 1.24 bits per heavy atom. The van der Waals surface area contributed by atoms with Crippen molar-refractivity contribution in [2.45, 2.75) is 18.6 Å². The van der Waals surface area contributed by atoms with E-state index in [0.717, 1.165) is 0 Å². The quantitative estimate of drug-likeness (QED) is 0.444. The first-order valence-corrected chi connectivity index (χ1v) is 11.7. The highest BCUT2D eigenvalue weighted by molar-refractivity contribution is 6.00. The number of ether oxygens (including phenoxy) is 2. The highest BCUT2D eigenvalue weighted by Crippen LogP contribution is 2.27. The van der Waals surface area contributed by atoms with Crippen molar-refractivity contribution in [1.82, 2.24) is 4.90 Å². The molecular formula is C27H27FN4O5. The third-order valence-corrected chi connectivity index (χ3v) is 6.09. The van der Waals surface area contributed by atoms with E-state index in [2.05, 4.69) is 23.1 Å². The smallest absolute Gasteiger partial charge is 0.322 e. The number of hydrogen-bond acceptors (Lipinski definition) is 5. The zero-order chi connectivity index (χ0) is 26.4. The number of urea groups is 1. The van der Waals surface area contributed by atoms with Crippen LogP contribution in [0.1, 0.15) is 12.0 Å². The maximum Gasteiger partial charge on any atom is 0.322 e. The van der Waals surface area contributed by atoms with Crippen molar-refractivity contribution in [2.75, 3.05) is 48.4 Å². The van der Waals surface area contributed by atoms with E-state index in [1.807, 2.05) is 0 Å². The topological polar surface area (TPSA) is 100 Å². The van der Waals surface area contributed by atoms with E-state index in [1.165, 1.54) is 21.9 Å². The van der Waals surface area contributed by atoms with Gasteiger partial charge in [0.05, 0.1) is 25.0 Å². The van der Waals surface area contributed by atoms with Crippen molar-refractivity contribution in [1.29, 1.82) is 0 Å². The average Bonchev–Trinajstić information content (AvgIpc) is 3.34. The van der Waals surface area contributed by atoms with Gasteiger partial charge in [0.2, 0.25) is 5.91 Å². The lowest BCUT2D eigenvalue weighted by molar-refractivity contribution is -0.125. The number of hydrogen-bond donors (Lipinski definition) is 2. The number of carbonyl (C=O) groups excluding carboxylic acids is 3. The second-order valence-electron chi connectivity index (χ2n) is 8.55. The molecule has 4 rings (SSSR count). The van der Waals surface area contributed by atoms with Gasteiger partial charge in [-0.15, -0.1) is 13.0 Å². The maximum absolute atomic E-state index is 14.9. The number of nitrogens with one attached hydrogen (secondary N) is 2. The molecule has 0 spiro atoms. The van der Waals surface area contributed by atoms with E-state index in [9.17, 15) is 18.8 Å². The molecule has 0 aliphatic carbocycles. The number of rotatable bonds is 7. The molecule has 2 atom stereocenters. The van der Waals surface area contributed by atoms with Gasteiger partial charge in [-0.1, -0.05) is 12.0 Å². The minimum absolute atomic E-state index is 0.0600. The number of carbonyl (C=O) groups is 3. The largest absolute Gasteiger partial charge is 0.372 e. The van der Waals surface area contributed by atoms with Gasteiger partial charge in [0.15, 0.2) is 0 Å². The summed E-state index contributed by atoms with van der Waals surface area (Å²) in [5, 5.41) is 5.33. The molecule has 2 aromatic rings. The van der Waals surface area contributed by atoms with Crippen LogP contribution in [0.25, 0.3) is 0 Å². The normalized spacial score (nSPS) is 19.3. The minimum atomic E-state index is -0.903. The van der Waals surface area contributed by atoms with Crippen LogP contribution in [0.15, 0.2) is 55.1 Å². The van der Waals surface area contributed by atoms with Crippen molar-refractivity contribution >= 4 is 34.9 Å². The van der Waals surface area contributed by atoms with E-state index < -0.39 is 29.9 Å². The van der Waals surface area contributed by atoms with Gasteiger partial charge in [-0.05, 0) is 42.5 Å². The van der Waals surface area contributed by atoms with Gasteiger partial charge < -0.3 is 29.9 Å². The zero-order valence-electron chi connectivity index (χ0n) is 20.1. The Hall–Kier alpha value is -4.20. The first-order chi connectivity index (χ1) is 17.9. The Balaban J connectivity index is 1.47. The van der Waals surface area contributed by atoms with E-state index in [1.54, 1.807) is 36.4 Å². The van der Waals surface area contributed by atoms with Crippen LogP contribution in [0, 0.1) is 18.2 Å². The van der Waals surface area contributed by atoms with Crippen molar-refractivity contribution in [3.05, 3.63) is 66.5 Å². The van der Waals surface area contributed by atoms with Gasteiger partial charge in [0.1, 0.15) is 18.5 Å². The van der Waals surface area contributed by atoms with Crippen LogP contribution in [-0.4, -0.2) is 67.8 Å². The fraction of sp³-hybridized carbons (Fsp3) is 0.296. The molecule has 2 aromatic carbocycles. The molecule has 0 bridgehead atoms. The molecular weight excluding hydrogens is 479 g/mol. The lowest BCUT2D eigenvalue weighted by Gasteiger charge is -2.27. The molecule has 2 N–H and O–H groups in total. The molecule has 2 saturated heterocycles. The second kappa shape index (κ2) is 11.7. The summed E-state index contributed by atoms with van der Waals surface area (Å²) in [4.78, 5) is 41.1. The summed E-state index contributed by atoms with van der Waals surface area (Å²) in [7, 11) is 0. The molecule has 2 unspecified atom stereocenters. The number of likely N-dealkylation sites (tertiary alicyclic amines) is 1. The minimum Gasteiger partial charge on any atom is -0.372 e. The number of nitrogens with zero attached hydrogens (tertiary/aromatic N) is 2. The molecule has 0 aromatic heterocycles. The van der Waals surface area contributed by atoms with E-state index >= 15 is 0 Å². The molecule has 2 aliphatic heterocycles. The Morgan fingerprint density at radius 2 is 2.03 bits per heavy atom. The van der Waals surface area contributed by atoms with Crippen molar-refractivity contribution in [3.8, 4) is 12.3 Å². The fourth-order valence-corrected chi connectivity index (χ4v) is 4.22. The average molecular weight is 507 g/mol. The zero-order valence-corrected chi connectivity index (χ0v) is 20.1. The molecule has 0 saturated carbocycles. The summed E-state index contributed by atoms with van der Waals surface area (Å²) in [5.74, 6) is 0.976. The number of morpholine rings is 1. The fourth-order valence-electron chi connectivity index (χ4n) is 4.22. The van der Waals surface area contributed by atoms with Crippen molar-refractivity contribution in [2.24, 2.45) is 0 Å². The summed E-state index contributed by atoms with van der Waals surface area (Å²) < 4.78 is 25.7. The molecule has 2 heterocycles. The Bertz CT molecular complexity index is 1230. The first-order valence-electron chi connectivity index (χ1n) is 11.7. The monoisotopic (exact) mass is 506 g/mol. The summed E-state index contributed by atoms with van der Waals surface area (Å²) in [5.41, 5.74) is 1.49. The predicted molar refractivity (Wildman–Crippen MR) is 137 cm³/mol. The van der Waals surface area contributed by atoms with Crippen LogP contribution in [-0.2, 0) is 19.1 Å².